The van der Waals surface area contributed by atoms with Crippen molar-refractivity contribution < 1.29 is 0 Å². The maximum Gasteiger partial charge on any atom is 0.0505 e. The number of hydrogen-bond donors (Lipinski definition) is 2. The summed E-state index contributed by atoms with van der Waals surface area (Å²) < 4.78 is 0. The van der Waals surface area contributed by atoms with Gasteiger partial charge in [-0.1, -0.05) is 29.3 Å². The van der Waals surface area contributed by atoms with Crippen LogP contribution in [0.5, 0.6) is 0 Å². The van der Waals surface area contributed by atoms with Crippen LogP contribution in [0.4, 0.5) is 0 Å². The first-order valence-corrected chi connectivity index (χ1v) is 6.68. The van der Waals surface area contributed by atoms with E-state index in [0.717, 1.165) is 16.7 Å². The Hall–Kier alpha value is -1.13. The lowest BCUT2D eigenvalue weighted by molar-refractivity contribution is 0.549. The topological polar surface area (TPSA) is 50.9 Å². The predicted molar refractivity (Wildman–Crippen MR) is 79.2 cm³/mol. The fourth-order valence-corrected chi connectivity index (χ4v) is 2.62. The number of hydrazine groups is 1. The molecule has 100 valence electrons. The Balaban J connectivity index is 2.32. The van der Waals surface area contributed by atoms with E-state index in [-0.39, 0.29) is 6.04 Å². The highest BCUT2D eigenvalue weighted by Gasteiger charge is 2.16. The first kappa shape index (κ1) is 14.3. The lowest BCUT2D eigenvalue weighted by Crippen LogP contribution is -2.30. The molecule has 1 heterocycles. The summed E-state index contributed by atoms with van der Waals surface area (Å²) in [5.41, 5.74) is 5.88. The van der Waals surface area contributed by atoms with Crippen molar-refractivity contribution in [3.63, 3.8) is 0 Å². The molecule has 5 heteroatoms. The molecule has 0 aliphatic rings. The van der Waals surface area contributed by atoms with E-state index in [4.69, 9.17) is 29.0 Å². The molecule has 0 fully saturated rings. The number of pyridine rings is 1. The van der Waals surface area contributed by atoms with E-state index in [0.29, 0.717) is 16.5 Å². The number of aromatic nitrogens is 1. The molecule has 19 heavy (non-hydrogen) atoms. The largest absolute Gasteiger partial charge is 0.271 e. The molecule has 0 bridgehead atoms. The van der Waals surface area contributed by atoms with E-state index < -0.39 is 0 Å². The third kappa shape index (κ3) is 3.25. The average Bonchev–Trinajstić information content (AvgIpc) is 2.40. The van der Waals surface area contributed by atoms with Gasteiger partial charge in [0.15, 0.2) is 0 Å². The van der Waals surface area contributed by atoms with Crippen molar-refractivity contribution >= 4 is 23.2 Å². The van der Waals surface area contributed by atoms with Gasteiger partial charge in [-0.3, -0.25) is 16.3 Å². The Bertz CT molecular complexity index is 552. The molecule has 0 saturated carbocycles. The number of nitrogens with two attached hydrogens (primary N) is 1. The highest BCUT2D eigenvalue weighted by atomic mass is 35.5. The molecular weight excluding hydrogens is 281 g/mol. The standard InChI is InChI=1S/C14H15Cl2N3/c1-9-8-18-6-5-10(9)14(19-17)7-11-12(15)3-2-4-13(11)16/h2-6,8,14,19H,7,17H2,1H3. The van der Waals surface area contributed by atoms with Crippen LogP contribution in [0, 0.1) is 6.92 Å². The first-order valence-electron chi connectivity index (χ1n) is 5.93. The molecule has 1 atom stereocenters. The Morgan fingerprint density at radius 2 is 1.95 bits per heavy atom. The van der Waals surface area contributed by atoms with Gasteiger partial charge in [-0.05, 0) is 48.2 Å². The van der Waals surface area contributed by atoms with Crippen LogP contribution in [0.15, 0.2) is 36.7 Å². The second-order valence-corrected chi connectivity index (χ2v) is 5.17. The predicted octanol–water partition coefficient (Wildman–Crippen LogP) is 3.44. The zero-order chi connectivity index (χ0) is 13.8. The van der Waals surface area contributed by atoms with Gasteiger partial charge in [0.1, 0.15) is 0 Å². The smallest absolute Gasteiger partial charge is 0.0505 e. The minimum absolute atomic E-state index is 0.0552. The summed E-state index contributed by atoms with van der Waals surface area (Å²) in [5.74, 6) is 5.67. The van der Waals surface area contributed by atoms with Crippen LogP contribution in [0.1, 0.15) is 22.7 Å². The number of nitrogens with one attached hydrogen (secondary N) is 1. The van der Waals surface area contributed by atoms with Gasteiger partial charge in [-0.25, -0.2) is 0 Å². The number of aryl methyl sites for hydroxylation is 1. The third-order valence-electron chi connectivity index (χ3n) is 3.11. The Morgan fingerprint density at radius 3 is 2.53 bits per heavy atom. The van der Waals surface area contributed by atoms with Crippen molar-refractivity contribution in [2.75, 3.05) is 0 Å². The molecule has 0 saturated heterocycles. The molecule has 0 amide bonds. The third-order valence-corrected chi connectivity index (χ3v) is 3.82. The monoisotopic (exact) mass is 295 g/mol. The normalized spacial score (nSPS) is 12.4. The number of benzene rings is 1. The van der Waals surface area contributed by atoms with E-state index in [9.17, 15) is 0 Å². The van der Waals surface area contributed by atoms with Crippen molar-refractivity contribution in [3.05, 3.63) is 63.4 Å². The maximum absolute atomic E-state index is 6.19. The summed E-state index contributed by atoms with van der Waals surface area (Å²) in [5, 5.41) is 1.30. The van der Waals surface area contributed by atoms with Gasteiger partial charge in [0.05, 0.1) is 6.04 Å². The highest BCUT2D eigenvalue weighted by molar-refractivity contribution is 6.36. The van der Waals surface area contributed by atoms with E-state index in [1.165, 1.54) is 0 Å². The van der Waals surface area contributed by atoms with Gasteiger partial charge in [0.25, 0.3) is 0 Å². The molecule has 1 unspecified atom stereocenters. The van der Waals surface area contributed by atoms with Crippen LogP contribution in [-0.4, -0.2) is 4.98 Å². The average molecular weight is 296 g/mol. The Kier molecular flexibility index (Phi) is 4.77. The molecule has 0 spiro atoms. The number of halogens is 2. The van der Waals surface area contributed by atoms with Crippen LogP contribution in [-0.2, 0) is 6.42 Å². The fraction of sp³-hybridized carbons (Fsp3) is 0.214. The van der Waals surface area contributed by atoms with Crippen molar-refractivity contribution in [2.45, 2.75) is 19.4 Å². The van der Waals surface area contributed by atoms with E-state index in [1.54, 1.807) is 6.20 Å². The van der Waals surface area contributed by atoms with E-state index in [2.05, 4.69) is 10.4 Å². The zero-order valence-corrected chi connectivity index (χ0v) is 12.0. The second kappa shape index (κ2) is 6.35. The SMILES string of the molecule is Cc1cnccc1C(Cc1c(Cl)cccc1Cl)NN. The molecule has 0 aliphatic heterocycles. The van der Waals surface area contributed by atoms with E-state index >= 15 is 0 Å². The van der Waals surface area contributed by atoms with Gasteiger partial charge in [0.2, 0.25) is 0 Å². The summed E-state index contributed by atoms with van der Waals surface area (Å²) in [6.45, 7) is 2.00. The first-order chi connectivity index (χ1) is 9.13. The summed E-state index contributed by atoms with van der Waals surface area (Å²) in [6, 6.07) is 7.38. The molecule has 0 radical (unpaired) electrons. The Labute approximate surface area is 122 Å². The molecule has 1 aromatic heterocycles. The van der Waals surface area contributed by atoms with Gasteiger partial charge >= 0.3 is 0 Å². The minimum Gasteiger partial charge on any atom is -0.271 e. The fourth-order valence-electron chi connectivity index (χ4n) is 2.07. The van der Waals surface area contributed by atoms with E-state index in [1.807, 2.05) is 37.4 Å². The molecule has 3 nitrogen and oxygen atoms in total. The molecule has 2 aromatic rings. The van der Waals surface area contributed by atoms with Crippen molar-refractivity contribution in [2.24, 2.45) is 5.84 Å². The summed E-state index contributed by atoms with van der Waals surface area (Å²) in [4.78, 5) is 4.08. The van der Waals surface area contributed by atoms with Gasteiger partial charge in [-0.15, -0.1) is 0 Å². The lowest BCUT2D eigenvalue weighted by Gasteiger charge is -2.19. The number of hydrogen-bond acceptors (Lipinski definition) is 3. The van der Waals surface area contributed by atoms with Gasteiger partial charge < -0.3 is 0 Å². The summed E-state index contributed by atoms with van der Waals surface area (Å²) >= 11 is 12.4. The van der Waals surface area contributed by atoms with Crippen LogP contribution in [0.2, 0.25) is 10.0 Å². The van der Waals surface area contributed by atoms with Crippen molar-refractivity contribution in [1.82, 2.24) is 10.4 Å². The molecule has 0 aliphatic carbocycles. The highest BCUT2D eigenvalue weighted by Crippen LogP contribution is 2.29. The Morgan fingerprint density at radius 1 is 1.26 bits per heavy atom. The summed E-state index contributed by atoms with van der Waals surface area (Å²) in [7, 11) is 0. The molecular formula is C14H15Cl2N3. The van der Waals surface area contributed by atoms with Gasteiger partial charge in [-0.2, -0.15) is 0 Å². The maximum atomic E-state index is 6.19. The second-order valence-electron chi connectivity index (χ2n) is 4.36. The van der Waals surface area contributed by atoms with Crippen molar-refractivity contribution in [3.8, 4) is 0 Å². The van der Waals surface area contributed by atoms with Crippen LogP contribution in [0.25, 0.3) is 0 Å². The van der Waals surface area contributed by atoms with Crippen LogP contribution < -0.4 is 11.3 Å². The quantitative estimate of drug-likeness (QED) is 0.671. The van der Waals surface area contributed by atoms with Crippen LogP contribution >= 0.6 is 23.2 Å². The van der Waals surface area contributed by atoms with Gasteiger partial charge in [0, 0.05) is 22.4 Å². The number of rotatable bonds is 4. The molecule has 1 aromatic carbocycles. The van der Waals surface area contributed by atoms with Crippen molar-refractivity contribution in [1.29, 1.82) is 0 Å². The molecule has 3 N–H and O–H groups in total. The summed E-state index contributed by atoms with van der Waals surface area (Å²) in [6.07, 6.45) is 4.19. The van der Waals surface area contributed by atoms with Crippen LogP contribution in [0.3, 0.4) is 0 Å². The number of nitrogens with zero attached hydrogens (tertiary/aromatic N) is 1. The molecule has 2 rings (SSSR count). The lowest BCUT2D eigenvalue weighted by atomic mass is 9.97. The zero-order valence-electron chi connectivity index (χ0n) is 10.5. The minimum atomic E-state index is -0.0552.